The number of phosphoric acid groups is 1. The van der Waals surface area contributed by atoms with Crippen LogP contribution in [-0.4, -0.2) is 18.3 Å². The van der Waals surface area contributed by atoms with Gasteiger partial charge in [0, 0.05) is 10.8 Å². The van der Waals surface area contributed by atoms with Gasteiger partial charge in [-0.25, -0.2) is 4.57 Å². The fourth-order valence-corrected chi connectivity index (χ4v) is 3.07. The fourth-order valence-electron chi connectivity index (χ4n) is 1.86. The Labute approximate surface area is 117 Å². The van der Waals surface area contributed by atoms with E-state index in [9.17, 15) is 9.67 Å². The van der Waals surface area contributed by atoms with Gasteiger partial charge in [-0.1, -0.05) is 24.3 Å². The lowest BCUT2D eigenvalue weighted by Gasteiger charge is -2.18. The summed E-state index contributed by atoms with van der Waals surface area (Å²) in [6, 6.07) is 10.2. The van der Waals surface area contributed by atoms with E-state index < -0.39 is 7.82 Å². The van der Waals surface area contributed by atoms with Crippen molar-refractivity contribution in [1.82, 2.24) is 0 Å². The molecule has 2 aromatic carbocycles. The van der Waals surface area contributed by atoms with E-state index in [1.165, 1.54) is 6.07 Å². The van der Waals surface area contributed by atoms with Crippen LogP contribution in [0.1, 0.15) is 13.8 Å². The van der Waals surface area contributed by atoms with Gasteiger partial charge in [-0.05, 0) is 26.0 Å². The quantitative estimate of drug-likeness (QED) is 0.813. The van der Waals surface area contributed by atoms with Crippen molar-refractivity contribution in [3.63, 3.8) is 0 Å². The Morgan fingerprint density at radius 2 is 1.60 bits per heavy atom. The molecule has 0 atom stereocenters. The molecule has 2 rings (SSSR count). The van der Waals surface area contributed by atoms with E-state index >= 15 is 0 Å². The third-order valence-corrected chi connectivity index (χ3v) is 4.21. The highest BCUT2D eigenvalue weighted by Gasteiger charge is 2.28. The topological polar surface area (TPSA) is 65.0 Å². The second-order valence-electron chi connectivity index (χ2n) is 4.00. The molecule has 0 fully saturated rings. The summed E-state index contributed by atoms with van der Waals surface area (Å²) in [5.74, 6) is 0.485. The lowest BCUT2D eigenvalue weighted by atomic mass is 10.1. The van der Waals surface area contributed by atoms with Crippen molar-refractivity contribution in [3.05, 3.63) is 36.4 Å². The third-order valence-electron chi connectivity index (χ3n) is 2.65. The molecule has 0 saturated heterocycles. The molecule has 0 aliphatic rings. The average Bonchev–Trinajstić information content (AvgIpc) is 2.43. The summed E-state index contributed by atoms with van der Waals surface area (Å²) < 4.78 is 28.0. The van der Waals surface area contributed by atoms with Crippen LogP contribution in [0.3, 0.4) is 0 Å². The normalized spacial score (nSPS) is 11.7. The first kappa shape index (κ1) is 14.9. The number of phenolic OH excluding ortho intramolecular Hbond substituents is 1. The Morgan fingerprint density at radius 3 is 2.20 bits per heavy atom. The number of hydrogen-bond donors (Lipinski definition) is 1. The molecular weight excluding hydrogens is 279 g/mol. The molecule has 0 bridgehead atoms. The minimum Gasteiger partial charge on any atom is -0.507 e. The molecule has 0 aliphatic heterocycles. The van der Waals surface area contributed by atoms with E-state index in [0.29, 0.717) is 16.5 Å². The summed E-state index contributed by atoms with van der Waals surface area (Å²) in [5, 5.41) is 11.1. The molecule has 0 spiro atoms. The number of benzene rings is 2. The van der Waals surface area contributed by atoms with Crippen LogP contribution in [0.4, 0.5) is 0 Å². The van der Waals surface area contributed by atoms with Crippen molar-refractivity contribution in [1.29, 1.82) is 0 Å². The Morgan fingerprint density at radius 1 is 1.00 bits per heavy atom. The molecule has 0 unspecified atom stereocenters. The Bertz CT molecular complexity index is 630. The molecule has 6 heteroatoms. The smallest absolute Gasteiger partial charge is 0.507 e. The van der Waals surface area contributed by atoms with Gasteiger partial charge >= 0.3 is 7.82 Å². The highest BCUT2D eigenvalue weighted by Crippen LogP contribution is 2.51. The summed E-state index contributed by atoms with van der Waals surface area (Å²) in [6.45, 7) is 3.86. The molecule has 0 saturated carbocycles. The maximum absolute atomic E-state index is 12.4. The number of rotatable bonds is 6. The third kappa shape index (κ3) is 3.12. The predicted molar refractivity (Wildman–Crippen MR) is 77.1 cm³/mol. The molecule has 1 N–H and O–H groups in total. The Kier molecular flexibility index (Phi) is 4.65. The molecule has 2 aromatic rings. The van der Waals surface area contributed by atoms with Crippen molar-refractivity contribution >= 4 is 18.6 Å². The number of phenols is 1. The van der Waals surface area contributed by atoms with Gasteiger partial charge in [0.15, 0.2) is 0 Å². The molecule has 0 radical (unpaired) electrons. The molecular formula is C14H17O5P. The van der Waals surface area contributed by atoms with Gasteiger partial charge in [-0.15, -0.1) is 0 Å². The van der Waals surface area contributed by atoms with E-state index in [1.807, 2.05) is 0 Å². The molecule has 0 heterocycles. The van der Waals surface area contributed by atoms with Crippen molar-refractivity contribution in [2.45, 2.75) is 13.8 Å². The summed E-state index contributed by atoms with van der Waals surface area (Å²) in [4.78, 5) is 0. The van der Waals surface area contributed by atoms with Crippen molar-refractivity contribution in [2.24, 2.45) is 0 Å². The van der Waals surface area contributed by atoms with Crippen LogP contribution < -0.4 is 4.52 Å². The van der Waals surface area contributed by atoms with Crippen LogP contribution in [0.2, 0.25) is 0 Å². The number of phosphoric ester groups is 1. The summed E-state index contributed by atoms with van der Waals surface area (Å²) in [6.07, 6.45) is 0. The summed E-state index contributed by atoms with van der Waals surface area (Å²) >= 11 is 0. The highest BCUT2D eigenvalue weighted by atomic mass is 31.2. The lowest BCUT2D eigenvalue weighted by Crippen LogP contribution is -2.02. The van der Waals surface area contributed by atoms with Gasteiger partial charge in [0.1, 0.15) is 11.5 Å². The molecule has 0 aliphatic carbocycles. The van der Waals surface area contributed by atoms with Crippen LogP contribution in [-0.2, 0) is 13.6 Å². The number of aromatic hydroxyl groups is 1. The van der Waals surface area contributed by atoms with Crippen LogP contribution in [0.5, 0.6) is 11.5 Å². The first-order valence-electron chi connectivity index (χ1n) is 6.39. The van der Waals surface area contributed by atoms with Crippen LogP contribution in [0.15, 0.2) is 36.4 Å². The summed E-state index contributed by atoms with van der Waals surface area (Å²) in [5.41, 5.74) is 0. The molecule has 0 aromatic heterocycles. The maximum Gasteiger partial charge on any atom is 0.530 e. The second kappa shape index (κ2) is 6.27. The Balaban J connectivity index is 2.43. The van der Waals surface area contributed by atoms with Crippen molar-refractivity contribution < 1.29 is 23.2 Å². The fraction of sp³-hybridized carbons (Fsp3) is 0.286. The number of fused-ring (bicyclic) bond motifs is 1. The lowest BCUT2D eigenvalue weighted by molar-refractivity contribution is 0.168. The zero-order valence-corrected chi connectivity index (χ0v) is 12.3. The van der Waals surface area contributed by atoms with Crippen molar-refractivity contribution in [3.8, 4) is 11.5 Å². The highest BCUT2D eigenvalue weighted by molar-refractivity contribution is 7.48. The average molecular weight is 296 g/mol. The molecule has 108 valence electrons. The SMILES string of the molecule is CCOP(=O)(OCC)Oc1ccc(O)c2ccccc12. The van der Waals surface area contributed by atoms with Crippen LogP contribution in [0, 0.1) is 0 Å². The Hall–Kier alpha value is -1.55. The summed E-state index contributed by atoms with van der Waals surface area (Å²) in [7, 11) is -3.64. The van der Waals surface area contributed by atoms with E-state index in [-0.39, 0.29) is 19.0 Å². The molecule has 20 heavy (non-hydrogen) atoms. The van der Waals surface area contributed by atoms with Gasteiger partial charge in [0.25, 0.3) is 0 Å². The molecule has 5 nitrogen and oxygen atoms in total. The van der Waals surface area contributed by atoms with Crippen molar-refractivity contribution in [2.75, 3.05) is 13.2 Å². The van der Waals surface area contributed by atoms with Gasteiger partial charge in [0.2, 0.25) is 0 Å². The van der Waals surface area contributed by atoms with E-state index in [1.54, 1.807) is 44.2 Å². The van der Waals surface area contributed by atoms with Gasteiger partial charge in [0.05, 0.1) is 13.2 Å². The maximum atomic E-state index is 12.4. The first-order chi connectivity index (χ1) is 9.59. The van der Waals surface area contributed by atoms with Gasteiger partial charge < -0.3 is 9.63 Å². The van der Waals surface area contributed by atoms with Crippen LogP contribution in [0.25, 0.3) is 10.8 Å². The molecule has 0 amide bonds. The standard InChI is InChI=1S/C14H17O5P/c1-3-17-20(16,18-4-2)19-14-10-9-13(15)11-7-5-6-8-12(11)14/h5-10,15H,3-4H2,1-2H3. The largest absolute Gasteiger partial charge is 0.530 e. The van der Waals surface area contributed by atoms with Gasteiger partial charge in [-0.2, -0.15) is 0 Å². The van der Waals surface area contributed by atoms with Crippen LogP contribution >= 0.6 is 7.82 Å². The predicted octanol–water partition coefficient (Wildman–Crippen LogP) is 4.11. The first-order valence-corrected chi connectivity index (χ1v) is 7.85. The monoisotopic (exact) mass is 296 g/mol. The minimum absolute atomic E-state index is 0.135. The zero-order valence-electron chi connectivity index (χ0n) is 11.4. The minimum atomic E-state index is -3.64. The van der Waals surface area contributed by atoms with E-state index in [0.717, 1.165) is 0 Å². The number of hydrogen-bond acceptors (Lipinski definition) is 5. The second-order valence-corrected chi connectivity index (χ2v) is 5.60. The van der Waals surface area contributed by atoms with E-state index in [4.69, 9.17) is 13.6 Å². The van der Waals surface area contributed by atoms with E-state index in [2.05, 4.69) is 0 Å². The zero-order chi connectivity index (χ0) is 14.6. The van der Waals surface area contributed by atoms with Gasteiger partial charge in [-0.3, -0.25) is 9.05 Å².